The molecule has 4 aromatic rings. The van der Waals surface area contributed by atoms with Crippen LogP contribution in [0.25, 0.3) is 21.8 Å². The average molecular weight is 601 g/mol. The number of para-hydroxylation sites is 2. The Bertz CT molecular complexity index is 1660. The van der Waals surface area contributed by atoms with Gasteiger partial charge in [0.25, 0.3) is 0 Å². The highest BCUT2D eigenvalue weighted by Gasteiger charge is 2.38. The largest absolute Gasteiger partial charge is 0.480 e. The smallest absolute Gasteiger partial charge is 0.326 e. The third-order valence-electron chi connectivity index (χ3n) is 8.32. The lowest BCUT2D eigenvalue weighted by atomic mass is 10.0. The molecule has 1 saturated heterocycles. The Kier molecular flexibility index (Phi) is 9.34. The van der Waals surface area contributed by atoms with Crippen molar-refractivity contribution in [3.8, 4) is 0 Å². The molecule has 232 valence electrons. The first kappa shape index (κ1) is 30.8. The summed E-state index contributed by atoms with van der Waals surface area (Å²) >= 11 is 0. The number of aromatic nitrogens is 2. The lowest BCUT2D eigenvalue weighted by Crippen LogP contribution is -2.57. The van der Waals surface area contributed by atoms with Gasteiger partial charge < -0.3 is 36.3 Å². The van der Waals surface area contributed by atoms with E-state index < -0.39 is 42.0 Å². The van der Waals surface area contributed by atoms with Crippen LogP contribution in [0.2, 0.25) is 0 Å². The molecule has 0 bridgehead atoms. The molecule has 1 aliphatic rings. The Hall–Kier alpha value is -4.64. The number of amides is 3. The number of hydrogen-bond acceptors (Lipinski definition) is 5. The van der Waals surface area contributed by atoms with Gasteiger partial charge >= 0.3 is 5.97 Å². The van der Waals surface area contributed by atoms with Crippen molar-refractivity contribution in [3.63, 3.8) is 0 Å². The van der Waals surface area contributed by atoms with Gasteiger partial charge in [0.1, 0.15) is 18.1 Å². The first-order chi connectivity index (χ1) is 21.1. The van der Waals surface area contributed by atoms with Crippen LogP contribution < -0.4 is 16.4 Å². The van der Waals surface area contributed by atoms with Gasteiger partial charge in [0.2, 0.25) is 17.7 Å². The SMILES string of the molecule is CC(C)CC(NC(=O)C(Cc1c[nH]c2ccccc12)NC(=O)C1CCCN1C(=O)C(N)Cc1c[nH]c2ccccc12)C(=O)O. The van der Waals surface area contributed by atoms with Crippen LogP contribution in [0, 0.1) is 5.92 Å². The summed E-state index contributed by atoms with van der Waals surface area (Å²) in [6, 6.07) is 11.6. The van der Waals surface area contributed by atoms with E-state index in [9.17, 15) is 24.3 Å². The van der Waals surface area contributed by atoms with Crippen molar-refractivity contribution in [2.75, 3.05) is 6.54 Å². The quantitative estimate of drug-likeness (QED) is 0.146. The zero-order valence-electron chi connectivity index (χ0n) is 25.0. The molecule has 0 radical (unpaired) electrons. The fourth-order valence-corrected chi connectivity index (χ4v) is 6.10. The Morgan fingerprint density at radius 1 is 0.909 bits per heavy atom. The second kappa shape index (κ2) is 13.3. The standard InChI is InChI=1S/C33H40N6O5/c1-19(2)14-28(33(43)44)38-30(40)27(16-21-18-36-26-11-6-4-9-23(21)26)37-31(41)29-12-7-13-39(29)32(42)24(34)15-20-17-35-25-10-5-3-8-22(20)25/h3-6,8-11,17-19,24,27-29,35-36H,7,12-16,34H2,1-2H3,(H,37,41)(H,38,40)(H,43,44). The van der Waals surface area contributed by atoms with Crippen LogP contribution in [0.3, 0.4) is 0 Å². The second-order valence-electron chi connectivity index (χ2n) is 12.0. The van der Waals surface area contributed by atoms with Gasteiger partial charge in [-0.15, -0.1) is 0 Å². The number of aliphatic carboxylic acids is 1. The molecule has 4 unspecified atom stereocenters. The van der Waals surface area contributed by atoms with Gasteiger partial charge in [-0.05, 0) is 54.9 Å². The number of nitrogens with two attached hydrogens (primary N) is 1. The van der Waals surface area contributed by atoms with Crippen molar-refractivity contribution in [1.82, 2.24) is 25.5 Å². The number of carboxylic acids is 1. The van der Waals surface area contributed by atoms with Crippen molar-refractivity contribution >= 4 is 45.5 Å². The van der Waals surface area contributed by atoms with Crippen molar-refractivity contribution in [1.29, 1.82) is 0 Å². The molecular weight excluding hydrogens is 560 g/mol. The maximum Gasteiger partial charge on any atom is 0.326 e. The fourth-order valence-electron chi connectivity index (χ4n) is 6.10. The molecule has 3 heterocycles. The van der Waals surface area contributed by atoms with E-state index in [0.29, 0.717) is 25.8 Å². The summed E-state index contributed by atoms with van der Waals surface area (Å²) in [5.41, 5.74) is 9.96. The molecule has 11 heteroatoms. The van der Waals surface area contributed by atoms with Gasteiger partial charge in [-0.25, -0.2) is 4.79 Å². The fraction of sp³-hybridized carbons (Fsp3) is 0.394. The van der Waals surface area contributed by atoms with Crippen LogP contribution in [0.1, 0.15) is 44.2 Å². The molecule has 2 aromatic heterocycles. The van der Waals surface area contributed by atoms with Crippen molar-refractivity contribution in [2.45, 2.75) is 70.1 Å². The normalized spacial score (nSPS) is 17.1. The molecular formula is C33H40N6O5. The number of carbonyl (C=O) groups is 4. The monoisotopic (exact) mass is 600 g/mol. The van der Waals surface area contributed by atoms with E-state index in [1.54, 1.807) is 6.20 Å². The summed E-state index contributed by atoms with van der Waals surface area (Å²) in [7, 11) is 0. The van der Waals surface area contributed by atoms with Crippen LogP contribution >= 0.6 is 0 Å². The predicted octanol–water partition coefficient (Wildman–Crippen LogP) is 2.85. The van der Waals surface area contributed by atoms with Gasteiger partial charge in [0, 0.05) is 47.2 Å². The summed E-state index contributed by atoms with van der Waals surface area (Å²) in [5, 5.41) is 17.1. The molecule has 3 amide bonds. The molecule has 2 aromatic carbocycles. The van der Waals surface area contributed by atoms with Gasteiger partial charge in [0.15, 0.2) is 0 Å². The third-order valence-corrected chi connectivity index (χ3v) is 8.32. The number of carboxylic acid groups (broad SMARTS) is 1. The molecule has 5 rings (SSSR count). The second-order valence-corrected chi connectivity index (χ2v) is 12.0. The molecule has 1 aliphatic heterocycles. The lowest BCUT2D eigenvalue weighted by molar-refractivity contribution is -0.143. The molecule has 0 spiro atoms. The van der Waals surface area contributed by atoms with E-state index in [0.717, 1.165) is 32.9 Å². The number of hydrogen-bond donors (Lipinski definition) is 6. The van der Waals surface area contributed by atoms with Crippen LogP contribution in [-0.2, 0) is 32.0 Å². The molecule has 0 aliphatic carbocycles. The maximum absolute atomic E-state index is 13.7. The Balaban J connectivity index is 1.32. The highest BCUT2D eigenvalue weighted by molar-refractivity contribution is 5.95. The minimum Gasteiger partial charge on any atom is -0.480 e. The van der Waals surface area contributed by atoms with E-state index in [1.165, 1.54) is 4.90 Å². The average Bonchev–Trinajstić information content (AvgIpc) is 3.75. The summed E-state index contributed by atoms with van der Waals surface area (Å²) in [6.07, 6.45) is 5.39. The molecule has 44 heavy (non-hydrogen) atoms. The maximum atomic E-state index is 13.7. The predicted molar refractivity (Wildman–Crippen MR) is 168 cm³/mol. The number of carbonyl (C=O) groups excluding carboxylic acids is 3. The Morgan fingerprint density at radius 3 is 2.09 bits per heavy atom. The number of likely N-dealkylation sites (tertiary alicyclic amines) is 1. The van der Waals surface area contributed by atoms with E-state index in [4.69, 9.17) is 5.73 Å². The van der Waals surface area contributed by atoms with Crippen molar-refractivity contribution < 1.29 is 24.3 Å². The number of aromatic amines is 2. The van der Waals surface area contributed by atoms with Crippen LogP contribution in [0.4, 0.5) is 0 Å². The van der Waals surface area contributed by atoms with Gasteiger partial charge in [-0.2, -0.15) is 0 Å². The summed E-state index contributed by atoms with van der Waals surface area (Å²) < 4.78 is 0. The molecule has 11 nitrogen and oxygen atoms in total. The minimum atomic E-state index is -1.14. The number of rotatable bonds is 12. The molecule has 0 saturated carbocycles. The number of H-pyrrole nitrogens is 2. The summed E-state index contributed by atoms with van der Waals surface area (Å²) in [5.74, 6) is -2.49. The minimum absolute atomic E-state index is 0.0320. The molecule has 1 fully saturated rings. The first-order valence-electron chi connectivity index (χ1n) is 15.1. The lowest BCUT2D eigenvalue weighted by Gasteiger charge is -2.29. The highest BCUT2D eigenvalue weighted by atomic mass is 16.4. The number of fused-ring (bicyclic) bond motifs is 2. The zero-order valence-corrected chi connectivity index (χ0v) is 25.0. The Labute approximate surface area is 255 Å². The van der Waals surface area contributed by atoms with E-state index in [2.05, 4.69) is 20.6 Å². The van der Waals surface area contributed by atoms with Crippen LogP contribution in [-0.4, -0.2) is 74.4 Å². The highest BCUT2D eigenvalue weighted by Crippen LogP contribution is 2.23. The summed E-state index contributed by atoms with van der Waals surface area (Å²) in [6.45, 7) is 4.14. The van der Waals surface area contributed by atoms with Crippen LogP contribution in [0.15, 0.2) is 60.9 Å². The van der Waals surface area contributed by atoms with Gasteiger partial charge in [0.05, 0.1) is 6.04 Å². The Morgan fingerprint density at radius 2 is 1.50 bits per heavy atom. The summed E-state index contributed by atoms with van der Waals surface area (Å²) in [4.78, 5) is 60.6. The van der Waals surface area contributed by atoms with E-state index >= 15 is 0 Å². The van der Waals surface area contributed by atoms with Crippen molar-refractivity contribution in [3.05, 3.63) is 72.1 Å². The first-order valence-corrected chi connectivity index (χ1v) is 15.1. The molecule has 4 atom stereocenters. The third kappa shape index (κ3) is 6.78. The van der Waals surface area contributed by atoms with Crippen molar-refractivity contribution in [2.24, 2.45) is 11.7 Å². The van der Waals surface area contributed by atoms with Crippen LogP contribution in [0.5, 0.6) is 0 Å². The van der Waals surface area contributed by atoms with E-state index in [-0.39, 0.29) is 24.7 Å². The zero-order chi connectivity index (χ0) is 31.4. The molecule has 7 N–H and O–H groups in total. The number of nitrogens with one attached hydrogen (secondary N) is 4. The van der Waals surface area contributed by atoms with Gasteiger partial charge in [-0.1, -0.05) is 50.2 Å². The van der Waals surface area contributed by atoms with Gasteiger partial charge in [-0.3, -0.25) is 14.4 Å². The topological polar surface area (TPSA) is 173 Å². The van der Waals surface area contributed by atoms with E-state index in [1.807, 2.05) is 68.6 Å². The number of benzene rings is 2. The number of nitrogens with zero attached hydrogens (tertiary/aromatic N) is 1.